The summed E-state index contributed by atoms with van der Waals surface area (Å²) in [5.74, 6) is -0.233. The van der Waals surface area contributed by atoms with Gasteiger partial charge in [0, 0.05) is 32.9 Å². The van der Waals surface area contributed by atoms with Gasteiger partial charge in [-0.15, -0.1) is 0 Å². The van der Waals surface area contributed by atoms with E-state index in [4.69, 9.17) is 9.88 Å². The van der Waals surface area contributed by atoms with E-state index >= 15 is 0 Å². The number of nitrogens with zero attached hydrogens (tertiary/aromatic N) is 2. The van der Waals surface area contributed by atoms with E-state index in [9.17, 15) is 13.2 Å². The molecule has 1 heterocycles. The summed E-state index contributed by atoms with van der Waals surface area (Å²) in [5, 5.41) is 5.13. The van der Waals surface area contributed by atoms with Crippen LogP contribution in [0.25, 0.3) is 0 Å². The first-order chi connectivity index (χ1) is 9.34. The van der Waals surface area contributed by atoms with Crippen molar-refractivity contribution in [3.8, 4) is 0 Å². The minimum Gasteiger partial charge on any atom is -0.383 e. The molecule has 0 atom stereocenters. The third kappa shape index (κ3) is 3.20. The van der Waals surface area contributed by atoms with Gasteiger partial charge in [-0.05, 0) is 18.9 Å². The normalized spacial score (nSPS) is 15.3. The number of primary sulfonamides is 1. The van der Waals surface area contributed by atoms with Gasteiger partial charge in [0.05, 0.1) is 6.61 Å². The fourth-order valence-corrected chi connectivity index (χ4v) is 2.50. The smallest absolute Gasteiger partial charge is 0.270 e. The van der Waals surface area contributed by atoms with Crippen LogP contribution in [0.1, 0.15) is 29.4 Å². The number of hydrogen-bond acceptors (Lipinski definition) is 4. The molecule has 0 unspecified atom stereocenters. The number of rotatable bonds is 6. The van der Waals surface area contributed by atoms with Gasteiger partial charge in [-0.3, -0.25) is 4.79 Å². The summed E-state index contributed by atoms with van der Waals surface area (Å²) in [5.41, 5.74) is 0.357. The average Bonchev–Trinajstić information content (AvgIpc) is 3.12. The molecule has 7 nitrogen and oxygen atoms in total. The van der Waals surface area contributed by atoms with E-state index in [2.05, 4.69) is 0 Å². The summed E-state index contributed by atoms with van der Waals surface area (Å²) in [4.78, 5) is 13.8. The number of likely N-dealkylation sites (N-methyl/N-ethyl adjacent to an activating group) is 1. The van der Waals surface area contributed by atoms with Crippen molar-refractivity contribution in [1.29, 1.82) is 0 Å². The summed E-state index contributed by atoms with van der Waals surface area (Å²) in [6.45, 7) is 0.865. The predicted molar refractivity (Wildman–Crippen MR) is 72.9 cm³/mol. The first-order valence-electron chi connectivity index (χ1n) is 6.33. The van der Waals surface area contributed by atoms with Crippen LogP contribution in [-0.4, -0.2) is 51.1 Å². The fourth-order valence-electron chi connectivity index (χ4n) is 1.96. The highest BCUT2D eigenvalue weighted by Crippen LogP contribution is 2.37. The molecule has 1 aromatic rings. The Morgan fingerprint density at radius 1 is 1.55 bits per heavy atom. The van der Waals surface area contributed by atoms with Crippen LogP contribution in [0.15, 0.2) is 17.2 Å². The van der Waals surface area contributed by atoms with E-state index in [1.807, 2.05) is 0 Å². The van der Waals surface area contributed by atoms with Crippen molar-refractivity contribution in [2.24, 2.45) is 5.14 Å². The van der Waals surface area contributed by atoms with Gasteiger partial charge in [0.25, 0.3) is 5.91 Å². The molecule has 0 aliphatic heterocycles. The molecule has 1 aliphatic carbocycles. The van der Waals surface area contributed by atoms with Crippen LogP contribution >= 0.6 is 0 Å². The van der Waals surface area contributed by atoms with Crippen LogP contribution in [0.4, 0.5) is 0 Å². The molecule has 1 aliphatic rings. The Morgan fingerprint density at radius 3 is 2.70 bits per heavy atom. The van der Waals surface area contributed by atoms with Crippen LogP contribution in [0.5, 0.6) is 0 Å². The lowest BCUT2D eigenvalue weighted by molar-refractivity contribution is 0.0733. The number of methoxy groups -OCH3 is 1. The molecule has 112 valence electrons. The maximum absolute atomic E-state index is 12.4. The Morgan fingerprint density at radius 2 is 2.20 bits per heavy atom. The van der Waals surface area contributed by atoms with Crippen molar-refractivity contribution in [1.82, 2.24) is 9.47 Å². The summed E-state index contributed by atoms with van der Waals surface area (Å²) < 4.78 is 29.5. The van der Waals surface area contributed by atoms with E-state index in [0.29, 0.717) is 18.8 Å². The first-order valence-corrected chi connectivity index (χ1v) is 7.88. The predicted octanol–water partition coefficient (Wildman–Crippen LogP) is 0.189. The van der Waals surface area contributed by atoms with Crippen LogP contribution in [0, 0.1) is 0 Å². The monoisotopic (exact) mass is 301 g/mol. The SMILES string of the molecule is COCCN(C)C(=O)c1cc(S(N)(=O)=O)cn1C1CC1. The molecule has 1 aromatic heterocycles. The molecule has 0 bridgehead atoms. The highest BCUT2D eigenvalue weighted by atomic mass is 32.2. The van der Waals surface area contributed by atoms with E-state index in [-0.39, 0.29) is 16.8 Å². The molecule has 0 saturated heterocycles. The van der Waals surface area contributed by atoms with Crippen LogP contribution in [0.2, 0.25) is 0 Å². The third-order valence-corrected chi connectivity index (χ3v) is 4.17. The standard InChI is InChI=1S/C12H19N3O4S/c1-14(5-6-19-2)12(16)11-7-10(20(13,17)18)8-15(11)9-3-4-9/h7-9H,3-6H2,1-2H3,(H2,13,17,18). The lowest BCUT2D eigenvalue weighted by atomic mass is 10.3. The zero-order valence-electron chi connectivity index (χ0n) is 11.6. The lowest BCUT2D eigenvalue weighted by Crippen LogP contribution is -2.31. The van der Waals surface area contributed by atoms with Gasteiger partial charge in [0.1, 0.15) is 10.6 Å². The molecule has 1 fully saturated rings. The van der Waals surface area contributed by atoms with Crippen molar-refractivity contribution in [3.05, 3.63) is 18.0 Å². The number of amides is 1. The molecule has 1 saturated carbocycles. The minimum absolute atomic E-state index is 0.0205. The van der Waals surface area contributed by atoms with Crippen molar-refractivity contribution < 1.29 is 17.9 Å². The number of sulfonamides is 1. The van der Waals surface area contributed by atoms with E-state index < -0.39 is 10.0 Å². The fraction of sp³-hybridized carbons (Fsp3) is 0.583. The van der Waals surface area contributed by atoms with Crippen molar-refractivity contribution >= 4 is 15.9 Å². The molecule has 0 radical (unpaired) electrons. The highest BCUT2D eigenvalue weighted by molar-refractivity contribution is 7.89. The van der Waals surface area contributed by atoms with E-state index in [1.165, 1.54) is 17.2 Å². The molecular formula is C12H19N3O4S. The maximum atomic E-state index is 12.4. The Labute approximate surface area is 118 Å². The van der Waals surface area contributed by atoms with E-state index in [0.717, 1.165) is 12.8 Å². The van der Waals surface area contributed by atoms with Crippen LogP contribution < -0.4 is 5.14 Å². The molecule has 2 N–H and O–H groups in total. The Kier molecular flexibility index (Phi) is 4.17. The Hall–Kier alpha value is -1.38. The number of aromatic nitrogens is 1. The number of ether oxygens (including phenoxy) is 1. The third-order valence-electron chi connectivity index (χ3n) is 3.29. The van der Waals surface area contributed by atoms with Gasteiger partial charge in [-0.1, -0.05) is 0 Å². The van der Waals surface area contributed by atoms with Gasteiger partial charge in [0.15, 0.2) is 0 Å². The Balaban J connectivity index is 2.30. The number of carbonyl (C=O) groups is 1. The molecule has 2 rings (SSSR count). The largest absolute Gasteiger partial charge is 0.383 e. The van der Waals surface area contributed by atoms with Crippen LogP contribution in [0.3, 0.4) is 0 Å². The van der Waals surface area contributed by atoms with Crippen molar-refractivity contribution in [2.45, 2.75) is 23.8 Å². The minimum atomic E-state index is -3.80. The highest BCUT2D eigenvalue weighted by Gasteiger charge is 2.30. The van der Waals surface area contributed by atoms with Gasteiger partial charge < -0.3 is 14.2 Å². The lowest BCUT2D eigenvalue weighted by Gasteiger charge is -2.17. The van der Waals surface area contributed by atoms with Gasteiger partial charge >= 0.3 is 0 Å². The van der Waals surface area contributed by atoms with Crippen LogP contribution in [-0.2, 0) is 14.8 Å². The molecule has 0 aromatic carbocycles. The number of nitrogens with two attached hydrogens (primary N) is 1. The number of hydrogen-bond donors (Lipinski definition) is 1. The molecule has 0 spiro atoms. The second-order valence-corrected chi connectivity index (χ2v) is 6.53. The summed E-state index contributed by atoms with van der Waals surface area (Å²) >= 11 is 0. The van der Waals surface area contributed by atoms with Gasteiger partial charge in [-0.25, -0.2) is 13.6 Å². The zero-order valence-corrected chi connectivity index (χ0v) is 12.4. The number of carbonyl (C=O) groups excluding carboxylic acids is 1. The quantitative estimate of drug-likeness (QED) is 0.811. The van der Waals surface area contributed by atoms with Crippen molar-refractivity contribution in [3.63, 3.8) is 0 Å². The van der Waals surface area contributed by atoms with E-state index in [1.54, 1.807) is 18.7 Å². The van der Waals surface area contributed by atoms with Crippen molar-refractivity contribution in [2.75, 3.05) is 27.3 Å². The molecule has 1 amide bonds. The average molecular weight is 301 g/mol. The summed E-state index contributed by atoms with van der Waals surface area (Å²) in [6, 6.07) is 1.54. The molecular weight excluding hydrogens is 282 g/mol. The Bertz CT molecular complexity index is 604. The second kappa shape index (κ2) is 5.55. The zero-order chi connectivity index (χ0) is 14.9. The molecule has 20 heavy (non-hydrogen) atoms. The van der Waals surface area contributed by atoms with Gasteiger partial charge in [0.2, 0.25) is 10.0 Å². The summed E-state index contributed by atoms with van der Waals surface area (Å²) in [7, 11) is -0.588. The topological polar surface area (TPSA) is 94.6 Å². The summed E-state index contributed by atoms with van der Waals surface area (Å²) in [6.07, 6.45) is 3.34. The first kappa shape index (κ1) is 15.0. The second-order valence-electron chi connectivity index (χ2n) is 4.96. The van der Waals surface area contributed by atoms with Gasteiger partial charge in [-0.2, -0.15) is 0 Å². The maximum Gasteiger partial charge on any atom is 0.270 e. The molecule has 8 heteroatoms.